The van der Waals surface area contributed by atoms with Crippen molar-refractivity contribution in [1.29, 1.82) is 0 Å². The van der Waals surface area contributed by atoms with Crippen LogP contribution in [0, 0.1) is 0 Å². The maximum atomic E-state index is 12.3. The molecule has 1 aromatic rings. The Morgan fingerprint density at radius 3 is 2.74 bits per heavy atom. The van der Waals surface area contributed by atoms with Gasteiger partial charge in [-0.05, 0) is 6.92 Å². The summed E-state index contributed by atoms with van der Waals surface area (Å²) >= 11 is 5.53. The summed E-state index contributed by atoms with van der Waals surface area (Å²) in [5, 5.41) is 7.41. The molecule has 2 N–H and O–H groups in total. The maximum Gasteiger partial charge on any atom is 0.451 e. The Balaban J connectivity index is 2.76. The van der Waals surface area contributed by atoms with Crippen molar-refractivity contribution in [2.75, 3.05) is 17.8 Å². The molecule has 106 valence electrons. The van der Waals surface area contributed by atoms with Crippen LogP contribution >= 0.6 is 11.6 Å². The molecule has 0 unspecified atom stereocenters. The van der Waals surface area contributed by atoms with Gasteiger partial charge in [0, 0.05) is 11.8 Å². The number of rotatable bonds is 5. The molecule has 10 heteroatoms. The van der Waals surface area contributed by atoms with Gasteiger partial charge in [-0.25, -0.2) is 4.79 Å². The number of H-pyrrole nitrogens is 1. The van der Waals surface area contributed by atoms with Gasteiger partial charge in [0.25, 0.3) is 0 Å². The van der Waals surface area contributed by atoms with Crippen LogP contribution in [0.1, 0.15) is 12.7 Å². The summed E-state index contributed by atoms with van der Waals surface area (Å²) in [4.78, 5) is 14.3. The quantitative estimate of drug-likeness (QED) is 0.493. The van der Waals surface area contributed by atoms with Crippen LogP contribution in [0.2, 0.25) is 0 Å². The van der Waals surface area contributed by atoms with Gasteiger partial charge in [-0.2, -0.15) is 18.2 Å². The number of allylic oxidation sites excluding steroid dienone is 1. The van der Waals surface area contributed by atoms with E-state index in [1.165, 1.54) is 0 Å². The maximum absolute atomic E-state index is 12.3. The Morgan fingerprint density at radius 1 is 1.58 bits per heavy atom. The van der Waals surface area contributed by atoms with E-state index in [9.17, 15) is 18.0 Å². The van der Waals surface area contributed by atoms with E-state index in [2.05, 4.69) is 20.1 Å². The zero-order valence-corrected chi connectivity index (χ0v) is 10.5. The Bertz CT molecular complexity index is 472. The van der Waals surface area contributed by atoms with E-state index in [1.54, 1.807) is 12.0 Å². The molecule has 0 aliphatic heterocycles. The molecule has 0 amide bonds. The monoisotopic (exact) mass is 298 g/mol. The molecule has 0 saturated heterocycles. The van der Waals surface area contributed by atoms with Crippen molar-refractivity contribution in [2.24, 2.45) is 0 Å². The molecule has 0 fully saturated rings. The topological polar surface area (TPSA) is 79.9 Å². The minimum atomic E-state index is -4.63. The van der Waals surface area contributed by atoms with Crippen molar-refractivity contribution in [3.63, 3.8) is 0 Å². The van der Waals surface area contributed by atoms with Crippen LogP contribution in [-0.2, 0) is 15.7 Å². The molecule has 0 aromatic carbocycles. The first-order valence-corrected chi connectivity index (χ1v) is 5.60. The van der Waals surface area contributed by atoms with Crippen LogP contribution in [0.25, 0.3) is 0 Å². The van der Waals surface area contributed by atoms with E-state index >= 15 is 0 Å². The lowest BCUT2D eigenvalue weighted by molar-refractivity contribution is -0.144. The summed E-state index contributed by atoms with van der Waals surface area (Å²) in [7, 11) is 0. The van der Waals surface area contributed by atoms with Crippen LogP contribution in [0.4, 0.5) is 19.1 Å². The van der Waals surface area contributed by atoms with E-state index in [0.717, 1.165) is 6.08 Å². The smallest absolute Gasteiger partial charge is 0.451 e. The number of nitrogens with one attached hydrogen (secondary N) is 2. The molecular weight excluding hydrogens is 289 g/mol. The Morgan fingerprint density at radius 2 is 2.26 bits per heavy atom. The fourth-order valence-electron chi connectivity index (χ4n) is 1.02. The van der Waals surface area contributed by atoms with Gasteiger partial charge < -0.3 is 10.1 Å². The standard InChI is InChI=1S/C9H10ClF3N4O2/c1-2-19-6(18)3-5(4-10)14-8-15-7(16-17-8)9(11,12)13/h3H,2,4H2,1H3,(H2,14,15,16,17)/b5-3+. The van der Waals surface area contributed by atoms with Crippen LogP contribution in [-0.4, -0.2) is 33.6 Å². The molecular formula is C9H10ClF3N4O2. The van der Waals surface area contributed by atoms with Crippen LogP contribution in [0.5, 0.6) is 0 Å². The highest BCUT2D eigenvalue weighted by molar-refractivity contribution is 6.19. The molecule has 0 aliphatic rings. The van der Waals surface area contributed by atoms with Crippen LogP contribution in [0.3, 0.4) is 0 Å². The van der Waals surface area contributed by atoms with Gasteiger partial charge in [0.05, 0.1) is 12.5 Å². The molecule has 1 rings (SSSR count). The van der Waals surface area contributed by atoms with E-state index in [0.29, 0.717) is 0 Å². The van der Waals surface area contributed by atoms with E-state index in [1.807, 2.05) is 0 Å². The largest absolute Gasteiger partial charge is 0.463 e. The highest BCUT2D eigenvalue weighted by atomic mass is 35.5. The van der Waals surface area contributed by atoms with Crippen molar-refractivity contribution in [1.82, 2.24) is 15.2 Å². The second-order valence-electron chi connectivity index (χ2n) is 3.19. The van der Waals surface area contributed by atoms with Gasteiger partial charge in [-0.1, -0.05) is 0 Å². The number of hydrogen-bond acceptors (Lipinski definition) is 5. The molecule has 0 saturated carbocycles. The first-order valence-electron chi connectivity index (χ1n) is 5.06. The fourth-order valence-corrected chi connectivity index (χ4v) is 1.17. The summed E-state index contributed by atoms with van der Waals surface area (Å²) < 4.78 is 41.4. The number of carbonyl (C=O) groups is 1. The first-order chi connectivity index (χ1) is 8.86. The number of anilines is 1. The number of carbonyl (C=O) groups excluding carboxylic acids is 1. The van der Waals surface area contributed by atoms with E-state index < -0.39 is 18.0 Å². The van der Waals surface area contributed by atoms with Crippen molar-refractivity contribution < 1.29 is 22.7 Å². The molecule has 0 atom stereocenters. The number of aromatic nitrogens is 3. The zero-order valence-electron chi connectivity index (χ0n) is 9.71. The van der Waals surface area contributed by atoms with Crippen LogP contribution < -0.4 is 5.32 Å². The Hall–Kier alpha value is -1.77. The minimum absolute atomic E-state index is 0.118. The average Bonchev–Trinajstić information content (AvgIpc) is 2.76. The lowest BCUT2D eigenvalue weighted by Gasteiger charge is -2.04. The predicted octanol–water partition coefficient (Wildman–Crippen LogP) is 1.92. The molecule has 0 aliphatic carbocycles. The third-order valence-corrected chi connectivity index (χ3v) is 2.04. The van der Waals surface area contributed by atoms with Gasteiger partial charge in [0.1, 0.15) is 0 Å². The highest BCUT2D eigenvalue weighted by Gasteiger charge is 2.35. The fraction of sp³-hybridized carbons (Fsp3) is 0.444. The van der Waals surface area contributed by atoms with Gasteiger partial charge in [0.15, 0.2) is 0 Å². The van der Waals surface area contributed by atoms with Crippen LogP contribution in [0.15, 0.2) is 11.8 Å². The van der Waals surface area contributed by atoms with Gasteiger partial charge in [-0.3, -0.25) is 5.10 Å². The summed E-state index contributed by atoms with van der Waals surface area (Å²) in [6, 6.07) is 0. The third-order valence-electron chi connectivity index (χ3n) is 1.75. The summed E-state index contributed by atoms with van der Waals surface area (Å²) in [6.07, 6.45) is -3.61. The normalized spacial score (nSPS) is 12.4. The van der Waals surface area contributed by atoms with E-state index in [-0.39, 0.29) is 24.1 Å². The third kappa shape index (κ3) is 4.78. The number of halogens is 4. The Kier molecular flexibility index (Phi) is 5.16. The van der Waals surface area contributed by atoms with Crippen molar-refractivity contribution >= 4 is 23.5 Å². The summed E-state index contributed by atoms with van der Waals surface area (Å²) in [5.41, 5.74) is 0.118. The van der Waals surface area contributed by atoms with Gasteiger partial charge in [0.2, 0.25) is 11.8 Å². The number of nitrogens with zero attached hydrogens (tertiary/aromatic N) is 2. The molecule has 1 aromatic heterocycles. The number of ether oxygens (including phenoxy) is 1. The molecule has 0 radical (unpaired) electrons. The highest BCUT2D eigenvalue weighted by Crippen LogP contribution is 2.26. The van der Waals surface area contributed by atoms with Crippen molar-refractivity contribution in [3.05, 3.63) is 17.6 Å². The number of aromatic amines is 1. The summed E-state index contributed by atoms with van der Waals surface area (Å²) in [6.45, 7) is 1.79. The van der Waals surface area contributed by atoms with E-state index in [4.69, 9.17) is 11.6 Å². The number of esters is 1. The second kappa shape index (κ2) is 6.41. The Labute approximate surface area is 111 Å². The van der Waals surface area contributed by atoms with Crippen molar-refractivity contribution in [3.8, 4) is 0 Å². The molecule has 0 bridgehead atoms. The molecule has 19 heavy (non-hydrogen) atoms. The molecule has 0 spiro atoms. The number of hydrogen-bond donors (Lipinski definition) is 2. The second-order valence-corrected chi connectivity index (χ2v) is 3.45. The molecule has 1 heterocycles. The SMILES string of the molecule is CCOC(=O)/C=C(\CCl)Nc1n[nH]c(C(F)(F)F)n1. The lowest BCUT2D eigenvalue weighted by atomic mass is 10.4. The first kappa shape index (κ1) is 15.3. The average molecular weight is 299 g/mol. The summed E-state index contributed by atoms with van der Waals surface area (Å²) in [5.74, 6) is -2.41. The predicted molar refractivity (Wildman–Crippen MR) is 60.4 cm³/mol. The minimum Gasteiger partial charge on any atom is -0.463 e. The van der Waals surface area contributed by atoms with Gasteiger partial charge in [-0.15, -0.1) is 16.7 Å². The zero-order chi connectivity index (χ0) is 14.5. The van der Waals surface area contributed by atoms with Gasteiger partial charge >= 0.3 is 12.1 Å². The lowest BCUT2D eigenvalue weighted by Crippen LogP contribution is -2.09. The van der Waals surface area contributed by atoms with Crippen molar-refractivity contribution in [2.45, 2.75) is 13.1 Å². The molecule has 6 nitrogen and oxygen atoms in total. The number of alkyl halides is 4.